The van der Waals surface area contributed by atoms with Crippen LogP contribution in [-0.4, -0.2) is 61.9 Å². The Morgan fingerprint density at radius 1 is 1.41 bits per heavy atom. The van der Waals surface area contributed by atoms with E-state index in [1.165, 1.54) is 0 Å². The van der Waals surface area contributed by atoms with E-state index in [1.807, 2.05) is 0 Å². The average Bonchev–Trinajstić information content (AvgIpc) is 2.71. The molecule has 1 N–H and O–H groups in total. The maximum Gasteiger partial charge on any atom is 0.303 e. The standard InChI is InChI=1S/C11H19NO5/c1-16-4-5-17-8-10(13)12-3-2-9(7-12)6-11(14)15/h9H,2-8H2,1H3,(H,14,15). The molecule has 17 heavy (non-hydrogen) atoms. The van der Waals surface area contributed by atoms with Gasteiger partial charge in [0.25, 0.3) is 0 Å². The lowest BCUT2D eigenvalue weighted by Gasteiger charge is -2.16. The molecule has 98 valence electrons. The van der Waals surface area contributed by atoms with E-state index in [1.54, 1.807) is 12.0 Å². The van der Waals surface area contributed by atoms with Crippen molar-refractivity contribution >= 4 is 11.9 Å². The summed E-state index contributed by atoms with van der Waals surface area (Å²) in [4.78, 5) is 23.9. The summed E-state index contributed by atoms with van der Waals surface area (Å²) in [6.07, 6.45) is 0.893. The Hall–Kier alpha value is -1.14. The first-order valence-electron chi connectivity index (χ1n) is 5.69. The number of ether oxygens (including phenoxy) is 2. The highest BCUT2D eigenvalue weighted by Crippen LogP contribution is 2.19. The van der Waals surface area contributed by atoms with Crippen LogP contribution in [0.4, 0.5) is 0 Å². The van der Waals surface area contributed by atoms with E-state index in [2.05, 4.69) is 0 Å². The molecule has 1 atom stereocenters. The Balaban J connectivity index is 2.18. The number of aliphatic carboxylic acids is 1. The zero-order chi connectivity index (χ0) is 12.7. The maximum atomic E-state index is 11.7. The quantitative estimate of drug-likeness (QED) is 0.637. The topological polar surface area (TPSA) is 76.1 Å². The van der Waals surface area contributed by atoms with Crippen LogP contribution in [0.2, 0.25) is 0 Å². The van der Waals surface area contributed by atoms with Crippen LogP contribution in [0.1, 0.15) is 12.8 Å². The summed E-state index contributed by atoms with van der Waals surface area (Å²) in [6, 6.07) is 0. The Morgan fingerprint density at radius 3 is 2.82 bits per heavy atom. The molecule has 1 unspecified atom stereocenters. The van der Waals surface area contributed by atoms with Gasteiger partial charge in [-0.2, -0.15) is 0 Å². The minimum Gasteiger partial charge on any atom is -0.481 e. The summed E-state index contributed by atoms with van der Waals surface area (Å²) in [7, 11) is 1.57. The second-order valence-electron chi connectivity index (χ2n) is 4.14. The van der Waals surface area contributed by atoms with Gasteiger partial charge in [0.05, 0.1) is 13.2 Å². The van der Waals surface area contributed by atoms with Gasteiger partial charge in [0.2, 0.25) is 5.91 Å². The molecular weight excluding hydrogens is 226 g/mol. The molecule has 1 aliphatic rings. The van der Waals surface area contributed by atoms with Crippen LogP contribution in [0.3, 0.4) is 0 Å². The van der Waals surface area contributed by atoms with Crippen LogP contribution < -0.4 is 0 Å². The summed E-state index contributed by atoms with van der Waals surface area (Å²) >= 11 is 0. The van der Waals surface area contributed by atoms with Crippen molar-refractivity contribution in [1.29, 1.82) is 0 Å². The average molecular weight is 245 g/mol. The van der Waals surface area contributed by atoms with Crippen LogP contribution in [0.5, 0.6) is 0 Å². The van der Waals surface area contributed by atoms with Crippen molar-refractivity contribution in [2.45, 2.75) is 12.8 Å². The van der Waals surface area contributed by atoms with Crippen molar-refractivity contribution in [3.05, 3.63) is 0 Å². The van der Waals surface area contributed by atoms with E-state index >= 15 is 0 Å². The lowest BCUT2D eigenvalue weighted by Crippen LogP contribution is -2.32. The van der Waals surface area contributed by atoms with Gasteiger partial charge >= 0.3 is 5.97 Å². The van der Waals surface area contributed by atoms with Gasteiger partial charge in [-0.1, -0.05) is 0 Å². The molecule has 0 bridgehead atoms. The van der Waals surface area contributed by atoms with Gasteiger partial charge in [-0.15, -0.1) is 0 Å². The zero-order valence-corrected chi connectivity index (χ0v) is 10.1. The molecule has 6 nitrogen and oxygen atoms in total. The van der Waals surface area contributed by atoms with Crippen molar-refractivity contribution in [2.24, 2.45) is 5.92 Å². The monoisotopic (exact) mass is 245 g/mol. The largest absolute Gasteiger partial charge is 0.481 e. The molecule has 1 heterocycles. The van der Waals surface area contributed by atoms with Crippen molar-refractivity contribution < 1.29 is 24.2 Å². The number of methoxy groups -OCH3 is 1. The van der Waals surface area contributed by atoms with Crippen LogP contribution in [0, 0.1) is 5.92 Å². The molecule has 0 spiro atoms. The smallest absolute Gasteiger partial charge is 0.303 e. The number of carbonyl (C=O) groups excluding carboxylic acids is 1. The summed E-state index contributed by atoms with van der Waals surface area (Å²) < 4.78 is 9.93. The summed E-state index contributed by atoms with van der Waals surface area (Å²) in [5.41, 5.74) is 0. The van der Waals surface area contributed by atoms with E-state index in [0.29, 0.717) is 26.3 Å². The fraction of sp³-hybridized carbons (Fsp3) is 0.818. The normalized spacial score (nSPS) is 19.6. The summed E-state index contributed by atoms with van der Waals surface area (Å²) in [5, 5.41) is 8.66. The van der Waals surface area contributed by atoms with Crippen molar-refractivity contribution in [3.8, 4) is 0 Å². The van der Waals surface area contributed by atoms with Gasteiger partial charge < -0.3 is 19.5 Å². The predicted molar refractivity (Wildman–Crippen MR) is 59.6 cm³/mol. The molecule has 0 saturated carbocycles. The summed E-state index contributed by atoms with van der Waals surface area (Å²) in [6.45, 7) is 2.07. The number of carboxylic acids is 1. The Bertz CT molecular complexity index is 269. The summed E-state index contributed by atoms with van der Waals surface area (Å²) in [5.74, 6) is -0.801. The number of rotatable bonds is 7. The molecule has 1 fully saturated rings. The van der Waals surface area contributed by atoms with Gasteiger partial charge in [-0.05, 0) is 12.3 Å². The Kier molecular flexibility index (Phi) is 5.93. The third-order valence-electron chi connectivity index (χ3n) is 2.76. The van der Waals surface area contributed by atoms with Crippen LogP contribution in [0.25, 0.3) is 0 Å². The van der Waals surface area contributed by atoms with Crippen molar-refractivity contribution in [3.63, 3.8) is 0 Å². The number of amides is 1. The van der Waals surface area contributed by atoms with E-state index in [4.69, 9.17) is 14.6 Å². The van der Waals surface area contributed by atoms with Gasteiger partial charge in [-0.3, -0.25) is 9.59 Å². The maximum absolute atomic E-state index is 11.7. The minimum absolute atomic E-state index is 0.0448. The van der Waals surface area contributed by atoms with Crippen molar-refractivity contribution in [2.75, 3.05) is 40.0 Å². The number of nitrogens with zero attached hydrogens (tertiary/aromatic N) is 1. The third kappa shape index (κ3) is 5.14. The first-order valence-corrected chi connectivity index (χ1v) is 5.69. The molecule has 1 amide bonds. The molecular formula is C11H19NO5. The second-order valence-corrected chi connectivity index (χ2v) is 4.14. The van der Waals surface area contributed by atoms with Gasteiger partial charge in [0, 0.05) is 26.6 Å². The fourth-order valence-corrected chi connectivity index (χ4v) is 1.87. The fourth-order valence-electron chi connectivity index (χ4n) is 1.87. The minimum atomic E-state index is -0.805. The van der Waals surface area contributed by atoms with Crippen LogP contribution in [-0.2, 0) is 19.1 Å². The lowest BCUT2D eigenvalue weighted by molar-refractivity contribution is -0.139. The zero-order valence-electron chi connectivity index (χ0n) is 10.1. The number of carboxylic acid groups (broad SMARTS) is 1. The van der Waals surface area contributed by atoms with E-state index in [9.17, 15) is 9.59 Å². The highest BCUT2D eigenvalue weighted by molar-refractivity contribution is 5.78. The van der Waals surface area contributed by atoms with Gasteiger partial charge in [0.1, 0.15) is 6.61 Å². The van der Waals surface area contributed by atoms with Gasteiger partial charge in [-0.25, -0.2) is 0 Å². The van der Waals surface area contributed by atoms with E-state index in [0.717, 1.165) is 6.42 Å². The molecule has 6 heteroatoms. The third-order valence-corrected chi connectivity index (χ3v) is 2.76. The number of hydrogen-bond donors (Lipinski definition) is 1. The van der Waals surface area contributed by atoms with Gasteiger partial charge in [0.15, 0.2) is 0 Å². The van der Waals surface area contributed by atoms with Crippen molar-refractivity contribution in [1.82, 2.24) is 4.90 Å². The van der Waals surface area contributed by atoms with Crippen LogP contribution in [0.15, 0.2) is 0 Å². The molecule has 0 aromatic rings. The number of carbonyl (C=O) groups is 2. The SMILES string of the molecule is COCCOCC(=O)N1CCC(CC(=O)O)C1. The Morgan fingerprint density at radius 2 is 2.18 bits per heavy atom. The predicted octanol–water partition coefficient (Wildman–Crippen LogP) is -0.0274. The van der Waals surface area contributed by atoms with Crippen LogP contribution >= 0.6 is 0 Å². The number of likely N-dealkylation sites (tertiary alicyclic amines) is 1. The van der Waals surface area contributed by atoms with E-state index in [-0.39, 0.29) is 24.9 Å². The molecule has 0 radical (unpaired) electrons. The Labute approximate surface area is 100 Å². The molecule has 0 aromatic carbocycles. The second kappa shape index (κ2) is 7.24. The van der Waals surface area contributed by atoms with E-state index < -0.39 is 5.97 Å². The molecule has 0 aromatic heterocycles. The number of hydrogen-bond acceptors (Lipinski definition) is 4. The first kappa shape index (κ1) is 13.9. The molecule has 1 rings (SSSR count). The highest BCUT2D eigenvalue weighted by atomic mass is 16.5. The molecule has 1 aliphatic heterocycles. The lowest BCUT2D eigenvalue weighted by atomic mass is 10.1. The highest BCUT2D eigenvalue weighted by Gasteiger charge is 2.27. The molecule has 0 aliphatic carbocycles. The first-order chi connectivity index (χ1) is 8.13. The molecule has 1 saturated heterocycles.